The summed E-state index contributed by atoms with van der Waals surface area (Å²) >= 11 is 0. The van der Waals surface area contributed by atoms with Crippen molar-refractivity contribution in [2.45, 2.75) is 91.8 Å². The summed E-state index contributed by atoms with van der Waals surface area (Å²) in [4.78, 5) is 27.8. The van der Waals surface area contributed by atoms with Gasteiger partial charge in [-0.3, -0.25) is 9.59 Å². The first-order valence-corrected chi connectivity index (χ1v) is 12.2. The van der Waals surface area contributed by atoms with Crippen LogP contribution in [-0.4, -0.2) is 35.7 Å². The number of amides is 1. The van der Waals surface area contributed by atoms with Crippen molar-refractivity contribution in [1.29, 1.82) is 0 Å². The van der Waals surface area contributed by atoms with Crippen LogP contribution in [0.1, 0.15) is 67.7 Å². The minimum atomic E-state index is -1.11. The third kappa shape index (κ3) is 3.81. The number of ketones is 1. The van der Waals surface area contributed by atoms with Crippen molar-refractivity contribution in [2.24, 2.45) is 29.1 Å². The van der Waals surface area contributed by atoms with Crippen LogP contribution in [0.2, 0.25) is 0 Å². The molecule has 176 valence electrons. The molecule has 1 N–H and O–H groups in total. The third-order valence-electron chi connectivity index (χ3n) is 7.96. The van der Waals surface area contributed by atoms with Crippen molar-refractivity contribution in [3.8, 4) is 0 Å². The van der Waals surface area contributed by atoms with Gasteiger partial charge >= 0.3 is 0 Å². The molecule has 32 heavy (non-hydrogen) atoms. The molecule has 5 nitrogen and oxygen atoms in total. The minimum absolute atomic E-state index is 0.00224. The fourth-order valence-electron chi connectivity index (χ4n) is 6.48. The fraction of sp³-hybridized carbons (Fsp3) is 0.704. The van der Waals surface area contributed by atoms with Gasteiger partial charge in [0.05, 0.1) is 6.10 Å². The highest BCUT2D eigenvalue weighted by atomic mass is 16.7. The Morgan fingerprint density at radius 1 is 1.16 bits per heavy atom. The molecule has 0 aromatic heterocycles. The van der Waals surface area contributed by atoms with E-state index in [1.54, 1.807) is 6.08 Å². The van der Waals surface area contributed by atoms with Crippen LogP contribution in [0.4, 0.5) is 0 Å². The van der Waals surface area contributed by atoms with E-state index in [-0.39, 0.29) is 47.7 Å². The standard InChI is InChI=1S/C27H39NO4/c1-15(2)12-20-24-18(5)17(4)14-19-13-16(3)8-9-21-22(32-26(6,7)31-21)10-11-23(29)27(19,24)25(30)28-20/h10-11,13-15,18-22,24H,8-9,12H2,1-7H3,(H,28,30)/b11-10+,16-13-/t18-,19+,20+,21+,22+,24+,27-/m1/s1. The summed E-state index contributed by atoms with van der Waals surface area (Å²) in [6, 6.07) is -0.00224. The quantitative estimate of drug-likeness (QED) is 0.497. The van der Waals surface area contributed by atoms with Gasteiger partial charge in [-0.05, 0) is 70.9 Å². The second-order valence-corrected chi connectivity index (χ2v) is 11.2. The van der Waals surface area contributed by atoms with Gasteiger partial charge < -0.3 is 14.8 Å². The van der Waals surface area contributed by atoms with Gasteiger partial charge in [0, 0.05) is 17.9 Å². The number of ether oxygens (including phenoxy) is 2. The summed E-state index contributed by atoms with van der Waals surface area (Å²) in [5.41, 5.74) is 1.35. The molecule has 0 aromatic rings. The number of nitrogens with one attached hydrogen (secondary N) is 1. The van der Waals surface area contributed by atoms with Gasteiger partial charge in [0.1, 0.15) is 11.5 Å². The molecule has 1 spiro atoms. The molecule has 0 saturated carbocycles. The predicted molar refractivity (Wildman–Crippen MR) is 125 cm³/mol. The average molecular weight is 442 g/mol. The molecule has 4 rings (SSSR count). The summed E-state index contributed by atoms with van der Waals surface area (Å²) in [6.07, 6.45) is 9.95. The summed E-state index contributed by atoms with van der Waals surface area (Å²) in [7, 11) is 0. The molecular weight excluding hydrogens is 402 g/mol. The van der Waals surface area contributed by atoms with Crippen LogP contribution in [0.5, 0.6) is 0 Å². The third-order valence-corrected chi connectivity index (χ3v) is 7.96. The molecule has 0 aromatic carbocycles. The van der Waals surface area contributed by atoms with Gasteiger partial charge in [-0.15, -0.1) is 0 Å². The molecule has 0 radical (unpaired) electrons. The normalized spacial score (nSPS) is 43.9. The molecule has 7 atom stereocenters. The number of fused-ring (bicyclic) bond motifs is 1. The van der Waals surface area contributed by atoms with Gasteiger partial charge in [0.25, 0.3) is 0 Å². The molecule has 1 amide bonds. The number of carbonyl (C=O) groups is 2. The van der Waals surface area contributed by atoms with Crippen LogP contribution >= 0.6 is 0 Å². The van der Waals surface area contributed by atoms with E-state index >= 15 is 0 Å². The first-order chi connectivity index (χ1) is 15.0. The van der Waals surface area contributed by atoms with Crippen molar-refractivity contribution in [3.63, 3.8) is 0 Å². The number of hydrogen-bond donors (Lipinski definition) is 1. The van der Waals surface area contributed by atoms with E-state index in [2.05, 4.69) is 52.1 Å². The van der Waals surface area contributed by atoms with Crippen molar-refractivity contribution in [3.05, 3.63) is 35.5 Å². The maximum atomic E-state index is 14.0. The number of carbonyl (C=O) groups excluding carboxylic acids is 2. The summed E-state index contributed by atoms with van der Waals surface area (Å²) < 4.78 is 12.2. The van der Waals surface area contributed by atoms with Gasteiger partial charge in [-0.2, -0.15) is 0 Å². The van der Waals surface area contributed by atoms with Crippen molar-refractivity contribution >= 4 is 11.7 Å². The molecule has 2 fully saturated rings. The predicted octanol–water partition coefficient (Wildman–Crippen LogP) is 4.73. The lowest BCUT2D eigenvalue weighted by Gasteiger charge is -2.44. The monoisotopic (exact) mass is 441 g/mol. The lowest BCUT2D eigenvalue weighted by Crippen LogP contribution is -2.51. The maximum absolute atomic E-state index is 14.0. The molecule has 4 aliphatic rings. The van der Waals surface area contributed by atoms with E-state index in [0.717, 1.165) is 19.3 Å². The van der Waals surface area contributed by atoms with Crippen LogP contribution in [-0.2, 0) is 19.1 Å². The lowest BCUT2D eigenvalue weighted by atomic mass is 9.55. The number of rotatable bonds is 2. The van der Waals surface area contributed by atoms with Gasteiger partial charge in [-0.1, -0.05) is 44.1 Å². The van der Waals surface area contributed by atoms with Crippen LogP contribution < -0.4 is 5.32 Å². The Balaban J connectivity index is 1.84. The summed E-state index contributed by atoms with van der Waals surface area (Å²) in [5, 5.41) is 3.26. The maximum Gasteiger partial charge on any atom is 0.235 e. The molecule has 2 heterocycles. The van der Waals surface area contributed by atoms with E-state index in [4.69, 9.17) is 9.47 Å². The van der Waals surface area contributed by atoms with Crippen molar-refractivity contribution in [1.82, 2.24) is 5.32 Å². The first-order valence-electron chi connectivity index (χ1n) is 12.2. The smallest absolute Gasteiger partial charge is 0.235 e. The van der Waals surface area contributed by atoms with Crippen LogP contribution in [0.25, 0.3) is 0 Å². The van der Waals surface area contributed by atoms with Crippen LogP contribution in [0, 0.1) is 29.1 Å². The van der Waals surface area contributed by atoms with Crippen molar-refractivity contribution in [2.75, 3.05) is 0 Å². The van der Waals surface area contributed by atoms with E-state index in [0.29, 0.717) is 5.92 Å². The topological polar surface area (TPSA) is 64.6 Å². The Morgan fingerprint density at radius 3 is 2.56 bits per heavy atom. The zero-order chi connectivity index (χ0) is 23.4. The van der Waals surface area contributed by atoms with E-state index < -0.39 is 11.2 Å². The van der Waals surface area contributed by atoms with Gasteiger partial charge in [0.2, 0.25) is 5.91 Å². The molecule has 0 unspecified atom stereocenters. The Bertz CT molecular complexity index is 882. The SMILES string of the molecule is CC1=C[C@@H]2/C=C(/C)CC[C@@H]3OC(C)(C)O[C@H]3/C=C/C(=O)[C@]23C(=O)N[C@@H](CC(C)C)[C@@H]3[C@@H]1C. The van der Waals surface area contributed by atoms with E-state index in [1.807, 2.05) is 19.9 Å². The number of allylic oxidation sites excluding steroid dienone is 5. The Kier molecular flexibility index (Phi) is 6.04. The highest BCUT2D eigenvalue weighted by Crippen LogP contribution is 2.55. The fourth-order valence-corrected chi connectivity index (χ4v) is 6.48. The summed E-state index contributed by atoms with van der Waals surface area (Å²) in [6.45, 7) is 14.6. The second-order valence-electron chi connectivity index (χ2n) is 11.2. The van der Waals surface area contributed by atoms with Crippen molar-refractivity contribution < 1.29 is 19.1 Å². The van der Waals surface area contributed by atoms with E-state index in [9.17, 15) is 9.59 Å². The molecule has 2 aliphatic carbocycles. The molecule has 2 aliphatic heterocycles. The zero-order valence-electron chi connectivity index (χ0n) is 20.6. The highest BCUT2D eigenvalue weighted by molar-refractivity contribution is 6.13. The Hall–Kier alpha value is -1.72. The van der Waals surface area contributed by atoms with Crippen LogP contribution in [0.3, 0.4) is 0 Å². The summed E-state index contributed by atoms with van der Waals surface area (Å²) in [5.74, 6) is -0.624. The van der Waals surface area contributed by atoms with Gasteiger partial charge in [-0.25, -0.2) is 0 Å². The van der Waals surface area contributed by atoms with Gasteiger partial charge in [0.15, 0.2) is 11.6 Å². The Labute approximate surface area is 192 Å². The lowest BCUT2D eigenvalue weighted by molar-refractivity contribution is -0.145. The Morgan fingerprint density at radius 2 is 1.88 bits per heavy atom. The first kappa shape index (κ1) is 23.4. The largest absolute Gasteiger partial charge is 0.352 e. The highest BCUT2D eigenvalue weighted by Gasteiger charge is 2.65. The molecule has 5 heteroatoms. The molecular formula is C27H39NO4. The second kappa shape index (κ2) is 8.25. The van der Waals surface area contributed by atoms with Crippen LogP contribution in [0.15, 0.2) is 35.5 Å². The van der Waals surface area contributed by atoms with E-state index in [1.165, 1.54) is 11.1 Å². The number of hydrogen-bond acceptors (Lipinski definition) is 4. The molecule has 2 saturated heterocycles. The molecule has 0 bridgehead atoms. The average Bonchev–Trinajstić information content (AvgIpc) is 3.14. The zero-order valence-corrected chi connectivity index (χ0v) is 20.6. The minimum Gasteiger partial charge on any atom is -0.352 e.